The Morgan fingerprint density at radius 3 is 2.05 bits per heavy atom. The van der Waals surface area contributed by atoms with Crippen molar-refractivity contribution in [2.45, 2.75) is 24.4 Å². The fourth-order valence-corrected chi connectivity index (χ4v) is 3.24. The number of hydrogen-bond donors (Lipinski definition) is 1. The highest BCUT2D eigenvalue weighted by atomic mass is 19.4. The summed E-state index contributed by atoms with van der Waals surface area (Å²) in [5, 5.41) is 2.05. The quantitative estimate of drug-likeness (QED) is 0.629. The minimum absolute atomic E-state index is 0.0215. The van der Waals surface area contributed by atoms with Gasteiger partial charge in [0.1, 0.15) is 0 Å². The second-order valence-electron chi connectivity index (χ2n) is 5.31. The molecule has 1 N–H and O–H groups in total. The number of carbonyl (C=O) groups is 1. The third-order valence-corrected chi connectivity index (χ3v) is 4.20. The lowest BCUT2D eigenvalue weighted by Crippen LogP contribution is -2.59. The van der Waals surface area contributed by atoms with Gasteiger partial charge >= 0.3 is 18.0 Å². The van der Waals surface area contributed by atoms with Crippen molar-refractivity contribution in [3.63, 3.8) is 0 Å². The van der Waals surface area contributed by atoms with Gasteiger partial charge in [-0.3, -0.25) is 4.79 Å². The molecule has 0 heterocycles. The Bertz CT molecular complexity index is 471. The largest absolute Gasteiger partial charge is 0.459 e. The van der Waals surface area contributed by atoms with Crippen LogP contribution in [-0.4, -0.2) is 31.0 Å². The van der Waals surface area contributed by atoms with Crippen LogP contribution in [0, 0.1) is 23.7 Å². The van der Waals surface area contributed by atoms with Gasteiger partial charge in [0.05, 0.1) is 5.92 Å². The van der Waals surface area contributed by atoms with Crippen molar-refractivity contribution in [1.82, 2.24) is 5.32 Å². The molecule has 2 aliphatic rings. The highest BCUT2D eigenvalue weighted by molar-refractivity contribution is 5.80. The number of halogens is 7. The molecule has 120 valence electrons. The van der Waals surface area contributed by atoms with Crippen LogP contribution in [0.25, 0.3) is 0 Å². The van der Waals surface area contributed by atoms with E-state index in [4.69, 9.17) is 0 Å². The molecule has 0 aromatic rings. The average Bonchev–Trinajstić information content (AvgIpc) is 2.96. The smallest absolute Gasteiger partial charge is 0.359 e. The van der Waals surface area contributed by atoms with E-state index in [0.717, 1.165) is 7.05 Å². The molecule has 2 aliphatic carbocycles. The Kier molecular flexibility index (Phi) is 3.53. The zero-order chi connectivity index (χ0) is 16.2. The van der Waals surface area contributed by atoms with Gasteiger partial charge in [-0.1, -0.05) is 12.2 Å². The molecule has 1 amide bonds. The summed E-state index contributed by atoms with van der Waals surface area (Å²) in [5.41, 5.74) is 0. The minimum Gasteiger partial charge on any atom is -0.359 e. The molecule has 1 saturated carbocycles. The van der Waals surface area contributed by atoms with Gasteiger partial charge in [-0.25, -0.2) is 0 Å². The number of alkyl halides is 7. The first-order chi connectivity index (χ1) is 9.45. The van der Waals surface area contributed by atoms with Gasteiger partial charge in [-0.15, -0.1) is 0 Å². The fourth-order valence-electron chi connectivity index (χ4n) is 3.24. The summed E-state index contributed by atoms with van der Waals surface area (Å²) in [5.74, 6) is -18.4. The predicted octanol–water partition coefficient (Wildman–Crippen LogP) is 3.00. The molecule has 21 heavy (non-hydrogen) atoms. The summed E-state index contributed by atoms with van der Waals surface area (Å²) in [4.78, 5) is 11.6. The minimum atomic E-state index is -6.38. The number of carbonyl (C=O) groups excluding carboxylic acids is 1. The zero-order valence-corrected chi connectivity index (χ0v) is 10.7. The molecular formula is C12H12F7NO. The molecule has 0 aromatic carbocycles. The normalized spacial score (nSPS) is 32.6. The van der Waals surface area contributed by atoms with Crippen LogP contribution in [0.1, 0.15) is 6.42 Å². The van der Waals surface area contributed by atoms with Crippen LogP contribution >= 0.6 is 0 Å². The fraction of sp³-hybridized carbons (Fsp3) is 0.750. The molecule has 0 saturated heterocycles. The molecule has 0 spiro atoms. The second kappa shape index (κ2) is 4.61. The van der Waals surface area contributed by atoms with Crippen LogP contribution in [0.3, 0.4) is 0 Å². The SMILES string of the molecule is CNC(=O)[C@H]1[C@H](C(F)(F)C(F)(F)C(F)(F)F)[C@H]2C=C[C@@H]1C2. The standard InChI is InChI=1S/C12H12F7NO/c1-20-9(21)7-5-2-3-6(4-5)8(7)10(13,14)11(15,16)12(17,18)19/h2-3,5-8H,4H2,1H3,(H,20,21)/t5-,6+,7-,8-/m1/s1. The van der Waals surface area contributed by atoms with E-state index in [2.05, 4.69) is 5.32 Å². The first-order valence-electron chi connectivity index (χ1n) is 6.17. The van der Waals surface area contributed by atoms with Crippen LogP contribution in [-0.2, 0) is 4.79 Å². The van der Waals surface area contributed by atoms with Gasteiger partial charge in [0.15, 0.2) is 0 Å². The Labute approximate surface area is 115 Å². The van der Waals surface area contributed by atoms with Gasteiger partial charge in [0.2, 0.25) is 5.91 Å². The number of amides is 1. The molecule has 1 fully saturated rings. The number of fused-ring (bicyclic) bond motifs is 2. The van der Waals surface area contributed by atoms with Gasteiger partial charge in [-0.05, 0) is 18.3 Å². The van der Waals surface area contributed by atoms with Gasteiger partial charge in [0, 0.05) is 13.0 Å². The topological polar surface area (TPSA) is 29.1 Å². The van der Waals surface area contributed by atoms with Gasteiger partial charge in [-0.2, -0.15) is 30.7 Å². The number of rotatable bonds is 3. The Morgan fingerprint density at radius 2 is 1.57 bits per heavy atom. The maximum Gasteiger partial charge on any atom is 0.459 e. The van der Waals surface area contributed by atoms with E-state index in [1.807, 2.05) is 0 Å². The number of allylic oxidation sites excluding steroid dienone is 2. The van der Waals surface area contributed by atoms with E-state index < -0.39 is 47.6 Å². The summed E-state index contributed by atoms with van der Waals surface area (Å²) in [6, 6.07) is 0. The van der Waals surface area contributed by atoms with Crippen molar-refractivity contribution in [2.75, 3.05) is 7.05 Å². The Morgan fingerprint density at radius 1 is 1.05 bits per heavy atom. The maximum absolute atomic E-state index is 13.9. The van der Waals surface area contributed by atoms with Crippen LogP contribution in [0.5, 0.6) is 0 Å². The molecule has 9 heteroatoms. The van der Waals surface area contributed by atoms with E-state index in [0.29, 0.717) is 0 Å². The van der Waals surface area contributed by atoms with Crippen molar-refractivity contribution in [3.8, 4) is 0 Å². The van der Waals surface area contributed by atoms with Crippen molar-refractivity contribution < 1.29 is 35.5 Å². The summed E-state index contributed by atoms with van der Waals surface area (Å²) < 4.78 is 91.1. The molecule has 2 nitrogen and oxygen atoms in total. The monoisotopic (exact) mass is 319 g/mol. The molecule has 2 bridgehead atoms. The number of nitrogens with one attached hydrogen (secondary N) is 1. The molecule has 0 unspecified atom stereocenters. The van der Waals surface area contributed by atoms with E-state index in [9.17, 15) is 35.5 Å². The molecule has 0 aliphatic heterocycles. The molecular weight excluding hydrogens is 307 g/mol. The molecule has 0 radical (unpaired) electrons. The van der Waals surface area contributed by atoms with Crippen molar-refractivity contribution >= 4 is 5.91 Å². The van der Waals surface area contributed by atoms with E-state index >= 15 is 0 Å². The third kappa shape index (κ3) is 2.12. The van der Waals surface area contributed by atoms with Gasteiger partial charge in [0.25, 0.3) is 0 Å². The van der Waals surface area contributed by atoms with Crippen molar-refractivity contribution in [2.24, 2.45) is 23.7 Å². The average molecular weight is 319 g/mol. The van der Waals surface area contributed by atoms with Crippen molar-refractivity contribution in [3.05, 3.63) is 12.2 Å². The lowest BCUT2D eigenvalue weighted by molar-refractivity contribution is -0.369. The third-order valence-electron chi connectivity index (χ3n) is 4.20. The lowest BCUT2D eigenvalue weighted by Gasteiger charge is -2.38. The molecule has 0 aromatic heterocycles. The van der Waals surface area contributed by atoms with Crippen LogP contribution in [0.4, 0.5) is 30.7 Å². The summed E-state index contributed by atoms with van der Waals surface area (Å²) in [6.07, 6.45) is -3.79. The number of hydrogen-bond acceptors (Lipinski definition) is 1. The first-order valence-corrected chi connectivity index (χ1v) is 6.17. The zero-order valence-electron chi connectivity index (χ0n) is 10.7. The summed E-state index contributed by atoms with van der Waals surface area (Å²) in [6.45, 7) is 0. The van der Waals surface area contributed by atoms with Crippen LogP contribution in [0.15, 0.2) is 12.2 Å². The van der Waals surface area contributed by atoms with Gasteiger partial charge < -0.3 is 5.32 Å². The first kappa shape index (κ1) is 16.1. The Hall–Kier alpha value is -1.28. The van der Waals surface area contributed by atoms with E-state index in [-0.39, 0.29) is 6.42 Å². The molecule has 4 atom stereocenters. The van der Waals surface area contributed by atoms with Crippen LogP contribution in [0.2, 0.25) is 0 Å². The lowest BCUT2D eigenvalue weighted by atomic mass is 9.76. The predicted molar refractivity (Wildman–Crippen MR) is 57.7 cm³/mol. The van der Waals surface area contributed by atoms with Crippen molar-refractivity contribution in [1.29, 1.82) is 0 Å². The second-order valence-corrected chi connectivity index (χ2v) is 5.31. The summed E-state index contributed by atoms with van der Waals surface area (Å²) >= 11 is 0. The highest BCUT2D eigenvalue weighted by Crippen LogP contribution is 2.60. The van der Waals surface area contributed by atoms with E-state index in [1.54, 1.807) is 0 Å². The Balaban J connectivity index is 2.43. The summed E-state index contributed by atoms with van der Waals surface area (Å²) in [7, 11) is 1.12. The highest BCUT2D eigenvalue weighted by Gasteiger charge is 2.78. The van der Waals surface area contributed by atoms with E-state index in [1.165, 1.54) is 12.2 Å². The van der Waals surface area contributed by atoms with Crippen LogP contribution < -0.4 is 5.32 Å². The molecule has 2 rings (SSSR count). The maximum atomic E-state index is 13.9.